The van der Waals surface area contributed by atoms with Crippen molar-refractivity contribution in [3.8, 4) is 6.07 Å². The minimum Gasteiger partial charge on any atom is -0.390 e. The van der Waals surface area contributed by atoms with E-state index in [9.17, 15) is 14.7 Å². The van der Waals surface area contributed by atoms with E-state index in [1.807, 2.05) is 42.6 Å². The van der Waals surface area contributed by atoms with E-state index in [2.05, 4.69) is 26.7 Å². The zero-order valence-electron chi connectivity index (χ0n) is 22.9. The molecule has 9 nitrogen and oxygen atoms in total. The highest BCUT2D eigenvalue weighted by Crippen LogP contribution is 2.15. The lowest BCUT2D eigenvalue weighted by molar-refractivity contribution is 0.0784. The molecule has 0 aliphatic rings. The van der Waals surface area contributed by atoms with Gasteiger partial charge in [-0.3, -0.25) is 14.6 Å². The fraction of sp³-hybridized carbons (Fsp3) is 0.258. The first kappa shape index (κ1) is 29.6. The Hall–Kier alpha value is -4.43. The summed E-state index contributed by atoms with van der Waals surface area (Å²) in [5.41, 5.74) is 3.87. The molecule has 0 aliphatic carbocycles. The molecule has 2 aromatic heterocycles. The van der Waals surface area contributed by atoms with Crippen LogP contribution in [0.5, 0.6) is 0 Å². The molecule has 3 N–H and O–H groups in total. The number of hydrogen-bond acceptors (Lipinski definition) is 8. The Morgan fingerprint density at radius 3 is 2.59 bits per heavy atom. The number of aromatic nitrogens is 2. The molecule has 0 radical (unpaired) electrons. The van der Waals surface area contributed by atoms with Gasteiger partial charge in [-0.2, -0.15) is 5.26 Å². The number of aliphatic hydroxyl groups is 1. The third-order valence-electron chi connectivity index (χ3n) is 6.44. The Kier molecular flexibility index (Phi) is 10.3. The molecular formula is C31H32N6O3S. The molecule has 2 atom stereocenters. The number of hydrogen-bond donors (Lipinski definition) is 3. The molecule has 4 aromatic rings. The van der Waals surface area contributed by atoms with E-state index in [-0.39, 0.29) is 18.4 Å². The van der Waals surface area contributed by atoms with Crippen molar-refractivity contribution in [3.05, 3.63) is 117 Å². The van der Waals surface area contributed by atoms with Crippen molar-refractivity contribution in [2.45, 2.75) is 38.6 Å². The van der Waals surface area contributed by atoms with E-state index < -0.39 is 12.1 Å². The maximum absolute atomic E-state index is 13.3. The molecule has 210 valence electrons. The summed E-state index contributed by atoms with van der Waals surface area (Å²) in [5, 5.41) is 29.1. The number of rotatable bonds is 12. The number of nitrogens with one attached hydrogen (secondary N) is 2. The molecule has 2 heterocycles. The van der Waals surface area contributed by atoms with Crippen molar-refractivity contribution < 1.29 is 14.7 Å². The minimum atomic E-state index is -0.913. The average molecular weight is 569 g/mol. The highest BCUT2D eigenvalue weighted by atomic mass is 32.1. The highest BCUT2D eigenvalue weighted by molar-refractivity contribution is 7.09. The Morgan fingerprint density at radius 2 is 1.85 bits per heavy atom. The maximum atomic E-state index is 13.3. The van der Waals surface area contributed by atoms with Gasteiger partial charge in [0, 0.05) is 54.7 Å². The second-order valence-electron chi connectivity index (χ2n) is 9.79. The first-order chi connectivity index (χ1) is 19.8. The largest absolute Gasteiger partial charge is 0.390 e. The number of carbonyl (C=O) groups is 2. The van der Waals surface area contributed by atoms with Crippen LogP contribution < -0.4 is 10.6 Å². The van der Waals surface area contributed by atoms with Crippen LogP contribution >= 0.6 is 11.3 Å². The van der Waals surface area contributed by atoms with Gasteiger partial charge in [-0.1, -0.05) is 36.4 Å². The second kappa shape index (κ2) is 14.3. The van der Waals surface area contributed by atoms with Crippen LogP contribution in [0.15, 0.2) is 78.4 Å². The van der Waals surface area contributed by atoms with E-state index in [0.717, 1.165) is 21.8 Å². The molecule has 0 aliphatic heterocycles. The van der Waals surface area contributed by atoms with Crippen LogP contribution in [0.1, 0.15) is 48.1 Å². The van der Waals surface area contributed by atoms with Gasteiger partial charge in [-0.25, -0.2) is 4.98 Å². The smallest absolute Gasteiger partial charge is 0.253 e. The third-order valence-corrected chi connectivity index (χ3v) is 7.39. The number of aryl methyl sites for hydroxylation is 1. The molecule has 0 bridgehead atoms. The normalized spacial score (nSPS) is 12.2. The van der Waals surface area contributed by atoms with Crippen molar-refractivity contribution in [2.24, 2.45) is 0 Å². The Morgan fingerprint density at radius 1 is 1.07 bits per heavy atom. The summed E-state index contributed by atoms with van der Waals surface area (Å²) >= 11 is 1.50. The molecule has 2 amide bonds. The summed E-state index contributed by atoms with van der Waals surface area (Å²) in [6.07, 6.45) is 2.65. The quantitative estimate of drug-likeness (QED) is 0.238. The van der Waals surface area contributed by atoms with Gasteiger partial charge < -0.3 is 20.6 Å². The van der Waals surface area contributed by atoms with E-state index in [1.165, 1.54) is 17.5 Å². The number of benzene rings is 2. The predicted octanol–water partition coefficient (Wildman–Crippen LogP) is 3.48. The summed E-state index contributed by atoms with van der Waals surface area (Å²) < 4.78 is 0. The van der Waals surface area contributed by atoms with Gasteiger partial charge in [0.1, 0.15) is 11.1 Å². The molecule has 0 spiro atoms. The number of thiazole rings is 1. The Balaban J connectivity index is 1.43. The first-order valence-corrected chi connectivity index (χ1v) is 14.0. The standard InChI is InChI=1S/C31H32N6O3S/c1-21-20-41-29(35-21)19-37(2)31(40)26-10-6-9-25(13-26)30(39)36-27(12-22-7-4-3-5-8-22)28(38)18-34-17-24-11-23(14-32)15-33-16-24/h3-11,13,15-16,20,27-28,34,38H,12,17-19H2,1-2H3,(H,36,39)/t27-,28+/m0/s1. The zero-order valence-corrected chi connectivity index (χ0v) is 23.8. The predicted molar refractivity (Wildman–Crippen MR) is 157 cm³/mol. The van der Waals surface area contributed by atoms with Gasteiger partial charge in [0.2, 0.25) is 0 Å². The molecule has 0 fully saturated rings. The lowest BCUT2D eigenvalue weighted by Gasteiger charge is -2.25. The average Bonchev–Trinajstić information content (AvgIpc) is 3.41. The molecule has 0 unspecified atom stereocenters. The van der Waals surface area contributed by atoms with Crippen molar-refractivity contribution >= 4 is 23.2 Å². The van der Waals surface area contributed by atoms with Crippen molar-refractivity contribution in [3.63, 3.8) is 0 Å². The van der Waals surface area contributed by atoms with Crippen LogP contribution in [0.3, 0.4) is 0 Å². The Labute approximate surface area is 243 Å². The van der Waals surface area contributed by atoms with E-state index in [4.69, 9.17) is 5.26 Å². The van der Waals surface area contributed by atoms with Crippen LogP contribution in [-0.2, 0) is 19.5 Å². The molecule has 0 saturated carbocycles. The summed E-state index contributed by atoms with van der Waals surface area (Å²) in [4.78, 5) is 36.5. The van der Waals surface area contributed by atoms with E-state index in [1.54, 1.807) is 48.5 Å². The molecule has 2 aromatic carbocycles. The fourth-order valence-corrected chi connectivity index (χ4v) is 5.14. The van der Waals surface area contributed by atoms with Crippen LogP contribution in [0.25, 0.3) is 0 Å². The maximum Gasteiger partial charge on any atom is 0.253 e. The minimum absolute atomic E-state index is 0.202. The van der Waals surface area contributed by atoms with Gasteiger partial charge in [-0.05, 0) is 48.7 Å². The lowest BCUT2D eigenvalue weighted by atomic mass is 10.00. The molecule has 41 heavy (non-hydrogen) atoms. The van der Waals surface area contributed by atoms with Gasteiger partial charge in [0.15, 0.2) is 0 Å². The Bertz CT molecular complexity index is 1520. The van der Waals surface area contributed by atoms with Crippen LogP contribution in [-0.4, -0.2) is 57.5 Å². The van der Waals surface area contributed by atoms with Crippen LogP contribution in [0.2, 0.25) is 0 Å². The number of pyridine rings is 1. The van der Waals surface area contributed by atoms with Crippen molar-refractivity contribution in [2.75, 3.05) is 13.6 Å². The summed E-state index contributed by atoms with van der Waals surface area (Å²) in [6.45, 7) is 2.90. The van der Waals surface area contributed by atoms with Crippen molar-refractivity contribution in [1.29, 1.82) is 5.26 Å². The number of nitrogens with zero attached hydrogens (tertiary/aromatic N) is 4. The van der Waals surface area contributed by atoms with Gasteiger partial charge in [0.25, 0.3) is 11.8 Å². The topological polar surface area (TPSA) is 131 Å². The molecule has 4 rings (SSSR count). The van der Waals surface area contributed by atoms with E-state index in [0.29, 0.717) is 36.2 Å². The van der Waals surface area contributed by atoms with Gasteiger partial charge >= 0.3 is 0 Å². The van der Waals surface area contributed by atoms with Crippen molar-refractivity contribution in [1.82, 2.24) is 25.5 Å². The van der Waals surface area contributed by atoms with Crippen LogP contribution in [0.4, 0.5) is 0 Å². The van der Waals surface area contributed by atoms with Gasteiger partial charge in [0.05, 0.1) is 24.3 Å². The second-order valence-corrected chi connectivity index (χ2v) is 10.7. The highest BCUT2D eigenvalue weighted by Gasteiger charge is 2.23. The zero-order chi connectivity index (χ0) is 29.2. The number of amides is 2. The number of nitriles is 1. The summed E-state index contributed by atoms with van der Waals surface area (Å²) in [5.74, 6) is -0.601. The third kappa shape index (κ3) is 8.53. The summed E-state index contributed by atoms with van der Waals surface area (Å²) in [6, 6.07) is 19.4. The number of carbonyl (C=O) groups excluding carboxylic acids is 2. The fourth-order valence-electron chi connectivity index (χ4n) is 4.32. The monoisotopic (exact) mass is 568 g/mol. The molecule has 10 heteroatoms. The lowest BCUT2D eigenvalue weighted by Crippen LogP contribution is -2.48. The van der Waals surface area contributed by atoms with Crippen LogP contribution in [0, 0.1) is 18.3 Å². The first-order valence-electron chi connectivity index (χ1n) is 13.2. The molecule has 0 saturated heterocycles. The van der Waals surface area contributed by atoms with E-state index >= 15 is 0 Å². The molecular weight excluding hydrogens is 536 g/mol. The SMILES string of the molecule is Cc1csc(CN(C)C(=O)c2cccc(C(=O)N[C@@H](Cc3ccccc3)[C@H](O)CNCc3cncc(C#N)c3)c2)n1. The number of aliphatic hydroxyl groups excluding tert-OH is 1. The van der Waals surface area contributed by atoms with Gasteiger partial charge in [-0.15, -0.1) is 11.3 Å². The summed E-state index contributed by atoms with van der Waals surface area (Å²) in [7, 11) is 1.71.